The van der Waals surface area contributed by atoms with E-state index in [1.807, 2.05) is 18.2 Å². The monoisotopic (exact) mass is 400 g/mol. The topological polar surface area (TPSA) is 66.9 Å². The van der Waals surface area contributed by atoms with Crippen LogP contribution in [0.2, 0.25) is 0 Å². The number of nitrogens with zero attached hydrogens (tertiary/aromatic N) is 2. The minimum atomic E-state index is -0.951. The average molecular weight is 401 g/mol. The zero-order valence-corrected chi connectivity index (χ0v) is 17.7. The highest BCUT2D eigenvalue weighted by atomic mass is 32.2. The molecule has 1 unspecified atom stereocenters. The van der Waals surface area contributed by atoms with E-state index in [0.29, 0.717) is 4.91 Å². The molecule has 1 aromatic carbocycles. The van der Waals surface area contributed by atoms with E-state index in [4.69, 9.17) is 0 Å². The Labute approximate surface area is 169 Å². The molecule has 0 aromatic heterocycles. The van der Waals surface area contributed by atoms with Crippen molar-refractivity contribution in [1.82, 2.24) is 4.90 Å². The van der Waals surface area contributed by atoms with Crippen molar-refractivity contribution < 1.29 is 19.1 Å². The maximum absolute atomic E-state index is 12.7. The number of methoxy groups -OCH3 is 1. The Morgan fingerprint density at radius 2 is 1.96 bits per heavy atom. The second-order valence-electron chi connectivity index (χ2n) is 7.57. The van der Waals surface area contributed by atoms with Crippen LogP contribution in [0, 0.1) is 0 Å². The number of thioether (sulfide) groups is 1. The summed E-state index contributed by atoms with van der Waals surface area (Å²) < 4.78 is 4.65. The first-order chi connectivity index (χ1) is 13.1. The third-order valence-electron chi connectivity index (χ3n) is 5.29. The Kier molecular flexibility index (Phi) is 5.14. The minimum Gasteiger partial charge on any atom is -0.467 e. The van der Waals surface area contributed by atoms with E-state index in [0.717, 1.165) is 33.5 Å². The first-order valence-electron chi connectivity index (χ1n) is 8.99. The number of carbonyl (C=O) groups excluding carboxylic acids is 3. The van der Waals surface area contributed by atoms with Gasteiger partial charge in [-0.1, -0.05) is 12.1 Å². The molecule has 3 rings (SSSR count). The van der Waals surface area contributed by atoms with Crippen LogP contribution >= 0.6 is 11.8 Å². The van der Waals surface area contributed by atoms with Gasteiger partial charge in [-0.2, -0.15) is 0 Å². The molecule has 6 nitrogen and oxygen atoms in total. The number of likely N-dealkylation sites (N-methyl/N-ethyl adjacent to an activating group) is 1. The second kappa shape index (κ2) is 7.13. The molecule has 1 atom stereocenters. The van der Waals surface area contributed by atoms with Crippen LogP contribution < -0.4 is 4.90 Å². The number of carbonyl (C=O) groups is 3. The summed E-state index contributed by atoms with van der Waals surface area (Å²) in [6.45, 7) is 7.87. The number of hydrogen-bond donors (Lipinski definition) is 0. The maximum atomic E-state index is 12.7. The lowest BCUT2D eigenvalue weighted by Gasteiger charge is -2.40. The van der Waals surface area contributed by atoms with Crippen molar-refractivity contribution in [3.63, 3.8) is 0 Å². The van der Waals surface area contributed by atoms with Gasteiger partial charge in [-0.25, -0.2) is 4.79 Å². The van der Waals surface area contributed by atoms with Crippen LogP contribution in [0.1, 0.15) is 38.8 Å². The number of imide groups is 1. The van der Waals surface area contributed by atoms with Gasteiger partial charge in [0, 0.05) is 18.3 Å². The molecule has 1 fully saturated rings. The molecule has 1 saturated heterocycles. The van der Waals surface area contributed by atoms with E-state index in [1.165, 1.54) is 19.6 Å². The summed E-state index contributed by atoms with van der Waals surface area (Å²) in [7, 11) is 3.29. The Morgan fingerprint density at radius 1 is 1.29 bits per heavy atom. The summed E-state index contributed by atoms with van der Waals surface area (Å²) in [5, 5.41) is -0.468. The predicted molar refractivity (Wildman–Crippen MR) is 112 cm³/mol. The SMILES string of the molecule is COC(=O)C(C)N1C(=O)S/C(=C/c2ccc3c(c2)C(C)=CC(C)(C)N3C)C1=O. The van der Waals surface area contributed by atoms with Gasteiger partial charge in [0.05, 0.1) is 17.6 Å². The van der Waals surface area contributed by atoms with Gasteiger partial charge in [-0.3, -0.25) is 14.5 Å². The maximum Gasteiger partial charge on any atom is 0.328 e. The molecule has 2 aliphatic heterocycles. The number of hydrogen-bond acceptors (Lipinski definition) is 6. The zero-order chi connectivity index (χ0) is 20.8. The molecule has 0 saturated carbocycles. The molecular weight excluding hydrogens is 376 g/mol. The molecule has 2 amide bonds. The highest BCUT2D eigenvalue weighted by Gasteiger charge is 2.41. The van der Waals surface area contributed by atoms with Crippen LogP contribution in [0.15, 0.2) is 29.2 Å². The average Bonchev–Trinajstić information content (AvgIpc) is 2.91. The molecule has 0 spiro atoms. The largest absolute Gasteiger partial charge is 0.467 e. The fourth-order valence-corrected chi connectivity index (χ4v) is 4.42. The normalized spacial score (nSPS) is 20.9. The Balaban J connectivity index is 1.94. The minimum absolute atomic E-state index is 0.0781. The summed E-state index contributed by atoms with van der Waals surface area (Å²) in [5.41, 5.74) is 4.13. The number of ether oxygens (including phenoxy) is 1. The molecule has 0 radical (unpaired) electrons. The molecule has 2 aliphatic rings. The van der Waals surface area contributed by atoms with Crippen LogP contribution in [0.25, 0.3) is 11.6 Å². The van der Waals surface area contributed by atoms with Crippen molar-refractivity contribution in [2.24, 2.45) is 0 Å². The number of fused-ring (bicyclic) bond motifs is 1. The highest BCUT2D eigenvalue weighted by Crippen LogP contribution is 2.39. The number of rotatable bonds is 3. The standard InChI is InChI=1S/C21H24N2O4S/c1-12-11-21(3,4)22(5)16-8-7-14(9-15(12)16)10-17-18(24)23(20(26)28-17)13(2)19(25)27-6/h7-11,13H,1-6H3/b17-10+. The first kappa shape index (κ1) is 20.2. The van der Waals surface area contributed by atoms with E-state index >= 15 is 0 Å². The van der Waals surface area contributed by atoms with Crippen molar-refractivity contribution in [3.05, 3.63) is 40.3 Å². The summed E-state index contributed by atoms with van der Waals surface area (Å²) in [6.07, 6.45) is 3.91. The number of allylic oxidation sites excluding steroid dienone is 1. The smallest absolute Gasteiger partial charge is 0.328 e. The van der Waals surface area contributed by atoms with Crippen LogP contribution in [0.3, 0.4) is 0 Å². The highest BCUT2D eigenvalue weighted by molar-refractivity contribution is 8.18. The molecule has 28 heavy (non-hydrogen) atoms. The zero-order valence-electron chi connectivity index (χ0n) is 16.9. The lowest BCUT2D eigenvalue weighted by molar-refractivity contribution is -0.148. The van der Waals surface area contributed by atoms with Gasteiger partial charge in [-0.05, 0) is 68.8 Å². The molecule has 7 heteroatoms. The summed E-state index contributed by atoms with van der Waals surface area (Å²) in [5.74, 6) is -1.10. The van der Waals surface area contributed by atoms with Gasteiger partial charge in [0.25, 0.3) is 11.1 Å². The van der Waals surface area contributed by atoms with Crippen molar-refractivity contribution in [3.8, 4) is 0 Å². The Morgan fingerprint density at radius 3 is 2.61 bits per heavy atom. The molecule has 0 bridgehead atoms. The van der Waals surface area contributed by atoms with Crippen molar-refractivity contribution in [2.45, 2.75) is 39.3 Å². The van der Waals surface area contributed by atoms with Crippen LogP contribution in [-0.4, -0.2) is 47.8 Å². The fraction of sp³-hybridized carbons (Fsp3) is 0.381. The van der Waals surface area contributed by atoms with Gasteiger partial charge in [-0.15, -0.1) is 0 Å². The third kappa shape index (κ3) is 3.35. The number of amides is 2. The van der Waals surface area contributed by atoms with Gasteiger partial charge >= 0.3 is 5.97 Å². The van der Waals surface area contributed by atoms with Crippen LogP contribution in [-0.2, 0) is 14.3 Å². The van der Waals surface area contributed by atoms with Crippen LogP contribution in [0.4, 0.5) is 10.5 Å². The van der Waals surface area contributed by atoms with Gasteiger partial charge in [0.15, 0.2) is 0 Å². The molecule has 0 aliphatic carbocycles. The summed E-state index contributed by atoms with van der Waals surface area (Å²) in [4.78, 5) is 40.1. The van der Waals surface area contributed by atoms with Gasteiger partial charge in [0.2, 0.25) is 0 Å². The molecule has 2 heterocycles. The van der Waals surface area contributed by atoms with E-state index in [1.54, 1.807) is 6.08 Å². The number of anilines is 1. The molecule has 0 N–H and O–H groups in total. The van der Waals surface area contributed by atoms with Crippen molar-refractivity contribution in [1.29, 1.82) is 0 Å². The lowest BCUT2D eigenvalue weighted by atomic mass is 9.88. The number of esters is 1. The molecule has 148 valence electrons. The number of benzene rings is 1. The molecular formula is C21H24N2O4S. The third-order valence-corrected chi connectivity index (χ3v) is 6.18. The molecule has 1 aromatic rings. The quantitative estimate of drug-likeness (QED) is 0.566. The first-order valence-corrected chi connectivity index (χ1v) is 9.81. The summed E-state index contributed by atoms with van der Waals surface area (Å²) >= 11 is 0.837. The fourth-order valence-electron chi connectivity index (χ4n) is 3.51. The van der Waals surface area contributed by atoms with E-state index in [-0.39, 0.29) is 5.54 Å². The lowest BCUT2D eigenvalue weighted by Crippen LogP contribution is -2.42. The van der Waals surface area contributed by atoms with Gasteiger partial charge in [0.1, 0.15) is 6.04 Å². The van der Waals surface area contributed by atoms with E-state index in [9.17, 15) is 14.4 Å². The van der Waals surface area contributed by atoms with Crippen LogP contribution in [0.5, 0.6) is 0 Å². The van der Waals surface area contributed by atoms with E-state index in [2.05, 4.69) is 43.5 Å². The predicted octanol–water partition coefficient (Wildman–Crippen LogP) is 3.92. The Bertz CT molecular complexity index is 932. The van der Waals surface area contributed by atoms with Crippen molar-refractivity contribution >= 4 is 46.2 Å². The van der Waals surface area contributed by atoms with Crippen molar-refractivity contribution in [2.75, 3.05) is 19.1 Å². The van der Waals surface area contributed by atoms with Gasteiger partial charge < -0.3 is 9.64 Å². The van der Waals surface area contributed by atoms with E-state index < -0.39 is 23.2 Å². The second-order valence-corrected chi connectivity index (χ2v) is 8.56. The summed E-state index contributed by atoms with van der Waals surface area (Å²) in [6, 6.07) is 5.03. The Hall–Kier alpha value is -2.54.